The molecule has 2 rings (SSSR count). The Morgan fingerprint density at radius 3 is 2.67 bits per heavy atom. The Labute approximate surface area is 113 Å². The number of halogens is 2. The second-order valence-electron chi connectivity index (χ2n) is 4.67. The lowest BCUT2D eigenvalue weighted by Gasteiger charge is -2.32. The summed E-state index contributed by atoms with van der Waals surface area (Å²) < 4.78 is 4.34. The molecule has 2 nitrogen and oxygen atoms in total. The largest absolute Gasteiger partial charge is 0.267 e. The number of hydrogen-bond donors (Lipinski definition) is 0. The van der Waals surface area contributed by atoms with Crippen LogP contribution < -0.4 is 0 Å². The van der Waals surface area contributed by atoms with Gasteiger partial charge in [-0.3, -0.25) is 4.68 Å². The van der Waals surface area contributed by atoms with E-state index in [0.717, 1.165) is 20.0 Å². The van der Waals surface area contributed by atoms with E-state index in [9.17, 15) is 0 Å². The molecule has 0 aliphatic heterocycles. The van der Waals surface area contributed by atoms with Gasteiger partial charge in [0.25, 0.3) is 0 Å². The van der Waals surface area contributed by atoms with Gasteiger partial charge in [-0.25, -0.2) is 0 Å². The van der Waals surface area contributed by atoms with E-state index in [4.69, 9.17) is 0 Å². The van der Waals surface area contributed by atoms with Crippen LogP contribution in [0.15, 0.2) is 10.7 Å². The summed E-state index contributed by atoms with van der Waals surface area (Å²) in [6.45, 7) is 4.73. The van der Waals surface area contributed by atoms with Crippen LogP contribution in [0.4, 0.5) is 0 Å². The fourth-order valence-corrected chi connectivity index (χ4v) is 2.97. The molecule has 1 aliphatic carbocycles. The van der Waals surface area contributed by atoms with Gasteiger partial charge in [-0.05, 0) is 69.6 Å². The van der Waals surface area contributed by atoms with E-state index >= 15 is 0 Å². The molecule has 15 heavy (non-hydrogen) atoms. The zero-order valence-corrected chi connectivity index (χ0v) is 12.8. The zero-order valence-electron chi connectivity index (χ0n) is 9.08. The molecule has 0 aromatic carbocycles. The maximum Gasteiger partial charge on any atom is 0.137 e. The minimum absolute atomic E-state index is 0.607. The summed E-state index contributed by atoms with van der Waals surface area (Å²) in [4.78, 5) is 0. The summed E-state index contributed by atoms with van der Waals surface area (Å²) in [6.07, 6.45) is 6.00. The third kappa shape index (κ3) is 2.57. The molecule has 1 fully saturated rings. The van der Waals surface area contributed by atoms with Gasteiger partial charge in [-0.15, -0.1) is 0 Å². The molecule has 4 heteroatoms. The van der Waals surface area contributed by atoms with Crippen molar-refractivity contribution in [2.45, 2.75) is 39.2 Å². The molecule has 0 bridgehead atoms. The van der Waals surface area contributed by atoms with Crippen molar-refractivity contribution in [1.29, 1.82) is 0 Å². The van der Waals surface area contributed by atoms with Crippen LogP contribution in [0, 0.1) is 15.5 Å². The van der Waals surface area contributed by atoms with E-state index in [1.807, 2.05) is 0 Å². The van der Waals surface area contributed by atoms with Crippen molar-refractivity contribution in [1.82, 2.24) is 9.78 Å². The summed E-state index contributed by atoms with van der Waals surface area (Å²) in [5, 5.41) is 4.55. The first-order chi connectivity index (χ1) is 7.08. The number of rotatable bonds is 1. The molecule has 3 unspecified atom stereocenters. The number of aromatic nitrogens is 2. The molecule has 1 saturated carbocycles. The minimum Gasteiger partial charge on any atom is -0.267 e. The van der Waals surface area contributed by atoms with Crippen LogP contribution in [0.25, 0.3) is 0 Å². The molecular weight excluding hydrogens is 367 g/mol. The van der Waals surface area contributed by atoms with Crippen LogP contribution in [0.5, 0.6) is 0 Å². The first kappa shape index (κ1) is 11.9. The van der Waals surface area contributed by atoms with Gasteiger partial charge in [-0.2, -0.15) is 5.10 Å². The monoisotopic (exact) mass is 382 g/mol. The van der Waals surface area contributed by atoms with Crippen molar-refractivity contribution in [3.05, 3.63) is 14.4 Å². The molecule has 1 aliphatic rings. The van der Waals surface area contributed by atoms with Crippen LogP contribution >= 0.6 is 38.5 Å². The lowest BCUT2D eigenvalue weighted by atomic mass is 9.79. The maximum atomic E-state index is 4.55. The lowest BCUT2D eigenvalue weighted by Crippen LogP contribution is -2.23. The summed E-state index contributed by atoms with van der Waals surface area (Å²) >= 11 is 5.79. The van der Waals surface area contributed by atoms with Crippen molar-refractivity contribution < 1.29 is 0 Å². The molecule has 1 aromatic heterocycles. The Morgan fingerprint density at radius 1 is 1.40 bits per heavy atom. The Morgan fingerprint density at radius 2 is 2.13 bits per heavy atom. The number of nitrogens with zero attached hydrogens (tertiary/aromatic N) is 2. The van der Waals surface area contributed by atoms with Gasteiger partial charge in [0, 0.05) is 6.20 Å². The predicted octanol–water partition coefficient (Wildman–Crippen LogP) is 4.25. The molecule has 0 radical (unpaired) electrons. The maximum absolute atomic E-state index is 4.55. The quantitative estimate of drug-likeness (QED) is 0.664. The van der Waals surface area contributed by atoms with Gasteiger partial charge < -0.3 is 0 Å². The highest BCUT2D eigenvalue weighted by Gasteiger charge is 2.26. The van der Waals surface area contributed by atoms with E-state index < -0.39 is 0 Å². The summed E-state index contributed by atoms with van der Waals surface area (Å²) in [5.41, 5.74) is 0. The van der Waals surface area contributed by atoms with E-state index in [1.165, 1.54) is 19.3 Å². The van der Waals surface area contributed by atoms with Crippen molar-refractivity contribution in [2.75, 3.05) is 0 Å². The summed E-state index contributed by atoms with van der Waals surface area (Å²) in [7, 11) is 0. The smallest absolute Gasteiger partial charge is 0.137 e. The van der Waals surface area contributed by atoms with Gasteiger partial charge in [0.15, 0.2) is 0 Å². The normalized spacial score (nSPS) is 31.9. The minimum atomic E-state index is 0.607. The SMILES string of the molecule is CC1CCC(n2cc(Br)c(I)n2)CC1C. The third-order valence-corrected chi connectivity index (χ3v) is 5.71. The molecular formula is C11H16BrIN2. The van der Waals surface area contributed by atoms with Crippen molar-refractivity contribution >= 4 is 38.5 Å². The van der Waals surface area contributed by atoms with Gasteiger partial charge >= 0.3 is 0 Å². The molecule has 1 heterocycles. The Hall–Kier alpha value is 0.420. The van der Waals surface area contributed by atoms with Crippen molar-refractivity contribution in [2.24, 2.45) is 11.8 Å². The van der Waals surface area contributed by atoms with Gasteiger partial charge in [0.2, 0.25) is 0 Å². The van der Waals surface area contributed by atoms with Crippen LogP contribution in [0.3, 0.4) is 0 Å². The number of hydrogen-bond acceptors (Lipinski definition) is 1. The Kier molecular flexibility index (Phi) is 3.75. The van der Waals surface area contributed by atoms with Crippen molar-refractivity contribution in [3.8, 4) is 0 Å². The zero-order chi connectivity index (χ0) is 11.0. The van der Waals surface area contributed by atoms with E-state index in [-0.39, 0.29) is 0 Å². The third-order valence-electron chi connectivity index (χ3n) is 3.59. The van der Waals surface area contributed by atoms with E-state index in [1.54, 1.807) is 0 Å². The standard InChI is InChI=1S/C11H16BrIN2/c1-7-3-4-9(5-8(7)2)15-6-10(12)11(13)14-15/h6-9H,3-5H2,1-2H3. The average molecular weight is 383 g/mol. The molecule has 0 N–H and O–H groups in total. The van der Waals surface area contributed by atoms with Gasteiger partial charge in [-0.1, -0.05) is 13.8 Å². The first-order valence-corrected chi connectivity index (χ1v) is 7.35. The summed E-state index contributed by atoms with van der Waals surface area (Å²) in [5.74, 6) is 1.70. The average Bonchev–Trinajstić information content (AvgIpc) is 2.52. The van der Waals surface area contributed by atoms with Crippen LogP contribution in [0.2, 0.25) is 0 Å². The fraction of sp³-hybridized carbons (Fsp3) is 0.727. The van der Waals surface area contributed by atoms with Crippen molar-refractivity contribution in [3.63, 3.8) is 0 Å². The molecule has 0 amide bonds. The van der Waals surface area contributed by atoms with Crippen LogP contribution in [0.1, 0.15) is 39.2 Å². The predicted molar refractivity (Wildman–Crippen MR) is 73.9 cm³/mol. The molecule has 84 valence electrons. The Bertz CT molecular complexity index is 331. The first-order valence-electron chi connectivity index (χ1n) is 5.48. The molecule has 3 atom stereocenters. The fourth-order valence-electron chi connectivity index (χ4n) is 2.29. The summed E-state index contributed by atoms with van der Waals surface area (Å²) in [6, 6.07) is 0.607. The molecule has 1 aromatic rings. The lowest BCUT2D eigenvalue weighted by molar-refractivity contribution is 0.200. The van der Waals surface area contributed by atoms with E-state index in [2.05, 4.69) is 68.3 Å². The van der Waals surface area contributed by atoms with Gasteiger partial charge in [0.05, 0.1) is 10.5 Å². The van der Waals surface area contributed by atoms with Crippen LogP contribution in [-0.4, -0.2) is 9.78 Å². The van der Waals surface area contributed by atoms with E-state index in [0.29, 0.717) is 6.04 Å². The molecule has 0 spiro atoms. The van der Waals surface area contributed by atoms with Gasteiger partial charge in [0.1, 0.15) is 3.70 Å². The highest BCUT2D eigenvalue weighted by molar-refractivity contribution is 14.1. The highest BCUT2D eigenvalue weighted by Crippen LogP contribution is 2.36. The van der Waals surface area contributed by atoms with Crippen LogP contribution in [-0.2, 0) is 0 Å². The Balaban J connectivity index is 2.12. The second kappa shape index (κ2) is 4.73. The molecule has 0 saturated heterocycles. The second-order valence-corrected chi connectivity index (χ2v) is 6.55. The topological polar surface area (TPSA) is 17.8 Å². The highest BCUT2D eigenvalue weighted by atomic mass is 127.